The number of unbranched alkanes of at least 4 members (excludes halogenated alkanes) is 15. The quantitative estimate of drug-likeness (QED) is 0.0960. The average molecular weight is 443 g/mol. The van der Waals surface area contributed by atoms with Crippen LogP contribution in [0, 0.1) is 0 Å². The first kappa shape index (κ1) is 29.5. The van der Waals surface area contributed by atoms with Crippen LogP contribution in [0.15, 0.2) is 0 Å². The molecule has 4 heteroatoms. The van der Waals surface area contributed by atoms with Gasteiger partial charge in [0.1, 0.15) is 6.42 Å². The number of ether oxygens (including phenoxy) is 1. The van der Waals surface area contributed by atoms with Crippen LogP contribution in [0.25, 0.3) is 0 Å². The first-order valence-corrected chi connectivity index (χ1v) is 13.8. The van der Waals surface area contributed by atoms with Gasteiger partial charge in [-0.25, -0.2) is 0 Å². The van der Waals surface area contributed by atoms with Gasteiger partial charge in [-0.3, -0.25) is 9.59 Å². The maximum atomic E-state index is 12.2. The van der Waals surface area contributed by atoms with Crippen molar-refractivity contribution in [3.8, 4) is 0 Å². The summed E-state index contributed by atoms with van der Waals surface area (Å²) in [5.41, 5.74) is 0. The highest BCUT2D eigenvalue weighted by Gasteiger charge is 2.29. The van der Waals surface area contributed by atoms with Gasteiger partial charge in [0.15, 0.2) is 5.78 Å². The van der Waals surface area contributed by atoms with E-state index in [1.165, 1.54) is 96.3 Å². The van der Waals surface area contributed by atoms with E-state index in [4.69, 9.17) is 4.74 Å². The summed E-state index contributed by atoms with van der Waals surface area (Å²) in [4.78, 5) is 23.7. The number of carbonyl (C=O) groups excluding carboxylic acids is 2. The fourth-order valence-electron chi connectivity index (χ4n) is 3.61. The Hall–Kier alpha value is -0.510. The van der Waals surface area contributed by atoms with Crippen LogP contribution < -0.4 is 0 Å². The highest BCUT2D eigenvalue weighted by Crippen LogP contribution is 2.28. The van der Waals surface area contributed by atoms with E-state index < -0.39 is 10.7 Å². The highest BCUT2D eigenvalue weighted by atomic mass is 32.2. The molecular formula is C26H50O3S. The third kappa shape index (κ3) is 18.3. The van der Waals surface area contributed by atoms with Gasteiger partial charge < -0.3 is 4.74 Å². The molecule has 0 aromatic rings. The zero-order chi connectivity index (χ0) is 22.5. The predicted molar refractivity (Wildman–Crippen MR) is 132 cm³/mol. The smallest absolute Gasteiger partial charge is 0.313 e. The van der Waals surface area contributed by atoms with Gasteiger partial charge >= 0.3 is 5.97 Å². The predicted octanol–water partition coefficient (Wildman–Crippen LogP) is 8.28. The van der Waals surface area contributed by atoms with Crippen molar-refractivity contribution in [3.05, 3.63) is 0 Å². The van der Waals surface area contributed by atoms with Crippen molar-refractivity contribution in [2.45, 2.75) is 142 Å². The lowest BCUT2D eigenvalue weighted by Crippen LogP contribution is -2.30. The Kier molecular flexibility index (Phi) is 20.0. The van der Waals surface area contributed by atoms with Crippen molar-refractivity contribution in [2.24, 2.45) is 0 Å². The van der Waals surface area contributed by atoms with Crippen LogP contribution in [0.1, 0.15) is 137 Å². The molecule has 0 aliphatic carbocycles. The summed E-state index contributed by atoms with van der Waals surface area (Å²) in [5.74, 6) is 0.557. The maximum absolute atomic E-state index is 12.2. The van der Waals surface area contributed by atoms with E-state index >= 15 is 0 Å². The number of ketones is 1. The Morgan fingerprint density at radius 2 is 1.07 bits per heavy atom. The Balaban J connectivity index is 3.41. The first-order chi connectivity index (χ1) is 14.4. The fraction of sp³-hybridized carbons (Fsp3) is 0.923. The molecule has 0 atom stereocenters. The first-order valence-electron chi connectivity index (χ1n) is 12.8. The summed E-state index contributed by atoms with van der Waals surface area (Å²) >= 11 is 1.68. The Morgan fingerprint density at radius 3 is 1.47 bits per heavy atom. The number of rotatable bonds is 22. The number of carbonyl (C=O) groups is 2. The standard InChI is InChI=1S/C26H50O3S/c1-5-7-8-9-10-11-12-13-14-15-16-17-18-19-20-21-22-30-26(3,4)24(27)23-25(28)29-6-2/h5-23H2,1-4H3. The molecule has 0 rings (SSSR count). The molecule has 0 amide bonds. The summed E-state index contributed by atoms with van der Waals surface area (Å²) in [7, 11) is 0. The van der Waals surface area contributed by atoms with E-state index in [0.717, 1.165) is 12.2 Å². The van der Waals surface area contributed by atoms with Crippen molar-refractivity contribution < 1.29 is 14.3 Å². The second-order valence-corrected chi connectivity index (χ2v) is 10.8. The normalized spacial score (nSPS) is 11.6. The average Bonchev–Trinajstić information content (AvgIpc) is 2.70. The number of hydrogen-bond donors (Lipinski definition) is 0. The van der Waals surface area contributed by atoms with Crippen LogP contribution in [-0.2, 0) is 14.3 Å². The molecule has 178 valence electrons. The van der Waals surface area contributed by atoms with Crippen LogP contribution in [0.4, 0.5) is 0 Å². The Labute approximate surface area is 191 Å². The molecule has 0 saturated heterocycles. The fourth-order valence-corrected chi connectivity index (χ4v) is 4.71. The number of hydrogen-bond acceptors (Lipinski definition) is 4. The second-order valence-electron chi connectivity index (χ2n) is 9.07. The summed E-state index contributed by atoms with van der Waals surface area (Å²) < 4.78 is 4.38. The van der Waals surface area contributed by atoms with Crippen molar-refractivity contribution >= 4 is 23.5 Å². The molecule has 0 aliphatic rings. The molecular weight excluding hydrogens is 392 g/mol. The zero-order valence-electron chi connectivity index (χ0n) is 20.6. The molecule has 0 N–H and O–H groups in total. The molecule has 0 fully saturated rings. The lowest BCUT2D eigenvalue weighted by Gasteiger charge is -2.22. The molecule has 0 aliphatic heterocycles. The summed E-state index contributed by atoms with van der Waals surface area (Å²) in [6.07, 6.45) is 21.9. The minimum atomic E-state index is -0.498. The van der Waals surface area contributed by atoms with E-state index in [2.05, 4.69) is 6.92 Å². The lowest BCUT2D eigenvalue weighted by molar-refractivity contribution is -0.145. The molecule has 0 unspecified atom stereocenters. The second kappa shape index (κ2) is 20.4. The largest absolute Gasteiger partial charge is 0.466 e. The zero-order valence-corrected chi connectivity index (χ0v) is 21.4. The molecule has 30 heavy (non-hydrogen) atoms. The third-order valence-electron chi connectivity index (χ3n) is 5.74. The van der Waals surface area contributed by atoms with Crippen LogP contribution in [0.2, 0.25) is 0 Å². The maximum Gasteiger partial charge on any atom is 0.313 e. The number of Topliss-reactive ketones (excluding diaryl/α,β-unsaturated/α-hetero) is 1. The minimum absolute atomic E-state index is 0.0255. The third-order valence-corrected chi connectivity index (χ3v) is 7.18. The van der Waals surface area contributed by atoms with Gasteiger partial charge in [0, 0.05) is 0 Å². The van der Waals surface area contributed by atoms with Gasteiger partial charge in [-0.05, 0) is 32.9 Å². The van der Waals surface area contributed by atoms with E-state index in [-0.39, 0.29) is 12.2 Å². The van der Waals surface area contributed by atoms with E-state index in [9.17, 15) is 9.59 Å². The molecule has 0 spiro atoms. The van der Waals surface area contributed by atoms with Gasteiger partial charge in [0.2, 0.25) is 0 Å². The Bertz CT molecular complexity index is 421. The SMILES string of the molecule is CCCCCCCCCCCCCCCCCCSC(C)(C)C(=O)CC(=O)OCC. The molecule has 3 nitrogen and oxygen atoms in total. The summed E-state index contributed by atoms with van der Waals surface area (Å²) in [6.45, 7) is 8.22. The molecule has 0 saturated carbocycles. The van der Waals surface area contributed by atoms with Gasteiger partial charge in [-0.15, -0.1) is 11.8 Å². The van der Waals surface area contributed by atoms with E-state index in [0.29, 0.717) is 6.61 Å². The van der Waals surface area contributed by atoms with Crippen LogP contribution in [0.5, 0.6) is 0 Å². The molecule has 0 aromatic heterocycles. The highest BCUT2D eigenvalue weighted by molar-refractivity contribution is 8.01. The van der Waals surface area contributed by atoms with Crippen molar-refractivity contribution in [2.75, 3.05) is 12.4 Å². The molecule has 0 heterocycles. The van der Waals surface area contributed by atoms with Crippen molar-refractivity contribution in [1.82, 2.24) is 0 Å². The van der Waals surface area contributed by atoms with Gasteiger partial charge in [0.25, 0.3) is 0 Å². The number of thioether (sulfide) groups is 1. The number of esters is 1. The van der Waals surface area contributed by atoms with Crippen molar-refractivity contribution in [3.63, 3.8) is 0 Å². The lowest BCUT2D eigenvalue weighted by atomic mass is 10.0. The summed E-state index contributed by atoms with van der Waals surface area (Å²) in [6, 6.07) is 0. The Morgan fingerprint density at radius 1 is 0.667 bits per heavy atom. The monoisotopic (exact) mass is 442 g/mol. The van der Waals surface area contributed by atoms with E-state index in [1.807, 2.05) is 13.8 Å². The minimum Gasteiger partial charge on any atom is -0.466 e. The molecule has 0 aromatic carbocycles. The van der Waals surface area contributed by atoms with Gasteiger partial charge in [0.05, 0.1) is 11.4 Å². The van der Waals surface area contributed by atoms with Gasteiger partial charge in [-0.1, -0.05) is 103 Å². The van der Waals surface area contributed by atoms with Crippen molar-refractivity contribution in [1.29, 1.82) is 0 Å². The van der Waals surface area contributed by atoms with E-state index in [1.54, 1.807) is 18.7 Å². The van der Waals surface area contributed by atoms with Crippen LogP contribution in [0.3, 0.4) is 0 Å². The van der Waals surface area contributed by atoms with Crippen LogP contribution in [-0.4, -0.2) is 28.9 Å². The molecule has 0 radical (unpaired) electrons. The van der Waals surface area contributed by atoms with Crippen LogP contribution >= 0.6 is 11.8 Å². The molecule has 0 bridgehead atoms. The topological polar surface area (TPSA) is 43.4 Å². The van der Waals surface area contributed by atoms with Gasteiger partial charge in [-0.2, -0.15) is 0 Å². The summed E-state index contributed by atoms with van der Waals surface area (Å²) in [5, 5.41) is 0.